The van der Waals surface area contributed by atoms with E-state index < -0.39 is 6.17 Å². The van der Waals surface area contributed by atoms with Gasteiger partial charge in [0, 0.05) is 31.5 Å². The predicted molar refractivity (Wildman–Crippen MR) is 138 cm³/mol. The Morgan fingerprint density at radius 2 is 1.58 bits per heavy atom. The van der Waals surface area contributed by atoms with Gasteiger partial charge in [0.2, 0.25) is 0 Å². The molecule has 1 aliphatic carbocycles. The van der Waals surface area contributed by atoms with Crippen LogP contribution in [0.4, 0.5) is 4.39 Å². The van der Waals surface area contributed by atoms with Crippen molar-refractivity contribution in [3.05, 3.63) is 71.3 Å². The van der Waals surface area contributed by atoms with Gasteiger partial charge in [0.05, 0.1) is 6.07 Å². The van der Waals surface area contributed by atoms with Gasteiger partial charge in [0.1, 0.15) is 6.17 Å². The van der Waals surface area contributed by atoms with Gasteiger partial charge in [-0.3, -0.25) is 4.90 Å². The van der Waals surface area contributed by atoms with E-state index in [4.69, 9.17) is 5.26 Å². The highest BCUT2D eigenvalue weighted by Crippen LogP contribution is 2.35. The third-order valence-corrected chi connectivity index (χ3v) is 6.96. The molecular weight excluding hydrogens is 407 g/mol. The van der Waals surface area contributed by atoms with Crippen LogP contribution in [0.25, 0.3) is 0 Å². The van der Waals surface area contributed by atoms with Crippen LogP contribution in [0.2, 0.25) is 0 Å². The molecule has 0 amide bonds. The lowest BCUT2D eigenvalue weighted by Crippen LogP contribution is -2.41. The summed E-state index contributed by atoms with van der Waals surface area (Å²) in [5.41, 5.74) is 4.00. The fraction of sp³-hybridized carbons (Fsp3) is 0.567. The predicted octanol–water partition coefficient (Wildman–Crippen LogP) is 7.88. The van der Waals surface area contributed by atoms with Gasteiger partial charge in [-0.2, -0.15) is 5.26 Å². The molecule has 0 spiro atoms. The first-order valence-corrected chi connectivity index (χ1v) is 12.8. The van der Waals surface area contributed by atoms with E-state index in [0.29, 0.717) is 12.1 Å². The molecule has 3 unspecified atom stereocenters. The van der Waals surface area contributed by atoms with Gasteiger partial charge in [0.15, 0.2) is 0 Å². The van der Waals surface area contributed by atoms with E-state index in [1.807, 2.05) is 0 Å². The van der Waals surface area contributed by atoms with E-state index in [9.17, 15) is 4.39 Å². The lowest BCUT2D eigenvalue weighted by Gasteiger charge is -2.35. The number of aryl methyl sites for hydroxylation is 1. The first-order valence-electron chi connectivity index (χ1n) is 12.8. The van der Waals surface area contributed by atoms with Crippen LogP contribution in [0, 0.1) is 11.3 Å². The third-order valence-electron chi connectivity index (χ3n) is 6.96. The first kappa shape index (κ1) is 27.1. The second-order valence-corrected chi connectivity index (χ2v) is 9.54. The Hall–Kier alpha value is -2.18. The Morgan fingerprint density at radius 1 is 0.970 bits per heavy atom. The number of benzene rings is 2. The minimum atomic E-state index is -0.654. The summed E-state index contributed by atoms with van der Waals surface area (Å²) in [5.74, 6) is 0.116. The summed E-state index contributed by atoms with van der Waals surface area (Å²) in [5, 5.41) is 7.32. The first-order chi connectivity index (χ1) is 16.0. The molecule has 3 atom stereocenters. The standard InChI is InChI=1S/C28H40FN.C2H3N/c1-4-26(30(22(2)3)21-20-23-10-6-5-7-11-23)19-16-24-14-17-25(18-15-24)27-12-8-9-13-28(27)29;1-2-3/h5-7,10-11,14-15,17-18,22,26-28H,4,8-9,12-13,16,19-21H2,1-3H3;1H3. The third kappa shape index (κ3) is 8.94. The minimum Gasteiger partial charge on any atom is -0.298 e. The van der Waals surface area contributed by atoms with Crippen molar-refractivity contribution in [2.24, 2.45) is 0 Å². The Balaban J connectivity index is 0.00000122. The van der Waals surface area contributed by atoms with E-state index in [1.165, 1.54) is 42.9 Å². The molecule has 1 aliphatic rings. The summed E-state index contributed by atoms with van der Waals surface area (Å²) in [6, 6.07) is 22.6. The minimum absolute atomic E-state index is 0.116. The molecule has 33 heavy (non-hydrogen) atoms. The van der Waals surface area contributed by atoms with Gasteiger partial charge in [0.25, 0.3) is 0 Å². The quantitative estimate of drug-likeness (QED) is 0.368. The van der Waals surface area contributed by atoms with Gasteiger partial charge in [-0.05, 0) is 69.1 Å². The molecule has 180 valence electrons. The molecule has 2 aromatic carbocycles. The highest BCUT2D eigenvalue weighted by atomic mass is 19.1. The number of alkyl halides is 1. The topological polar surface area (TPSA) is 27.0 Å². The Labute approximate surface area is 201 Å². The number of nitrogens with zero attached hydrogens (tertiary/aromatic N) is 2. The van der Waals surface area contributed by atoms with E-state index in [2.05, 4.69) is 80.3 Å². The number of nitriles is 1. The maximum atomic E-state index is 14.3. The normalized spacial score (nSPS) is 19.0. The van der Waals surface area contributed by atoms with Gasteiger partial charge >= 0.3 is 0 Å². The zero-order chi connectivity index (χ0) is 24.1. The van der Waals surface area contributed by atoms with Crippen LogP contribution in [-0.2, 0) is 12.8 Å². The molecule has 3 rings (SSSR count). The Bertz CT molecular complexity index is 809. The van der Waals surface area contributed by atoms with Gasteiger partial charge < -0.3 is 0 Å². The van der Waals surface area contributed by atoms with Crippen LogP contribution in [0.15, 0.2) is 54.6 Å². The highest BCUT2D eigenvalue weighted by molar-refractivity contribution is 5.27. The van der Waals surface area contributed by atoms with Crippen LogP contribution < -0.4 is 0 Å². The Morgan fingerprint density at radius 3 is 2.15 bits per heavy atom. The fourth-order valence-electron chi connectivity index (χ4n) is 5.10. The molecule has 3 heteroatoms. The Kier molecular flexibility index (Phi) is 12.2. The summed E-state index contributed by atoms with van der Waals surface area (Å²) in [7, 11) is 0. The molecule has 2 nitrogen and oxygen atoms in total. The lowest BCUT2D eigenvalue weighted by atomic mass is 9.82. The van der Waals surface area contributed by atoms with Gasteiger partial charge in [-0.1, -0.05) is 74.4 Å². The van der Waals surface area contributed by atoms with E-state index in [1.54, 1.807) is 6.07 Å². The molecule has 2 aromatic rings. The average Bonchev–Trinajstić information content (AvgIpc) is 2.83. The van der Waals surface area contributed by atoms with Gasteiger partial charge in [-0.25, -0.2) is 4.39 Å². The van der Waals surface area contributed by atoms with E-state index in [-0.39, 0.29) is 5.92 Å². The molecule has 0 bridgehead atoms. The zero-order valence-electron chi connectivity index (χ0n) is 21.1. The highest BCUT2D eigenvalue weighted by Gasteiger charge is 2.26. The molecule has 0 saturated heterocycles. The molecule has 1 saturated carbocycles. The molecule has 1 fully saturated rings. The average molecular weight is 451 g/mol. The molecule has 0 aliphatic heterocycles. The van der Waals surface area contributed by atoms with Crippen molar-refractivity contribution in [2.45, 2.75) is 103 Å². The van der Waals surface area contributed by atoms with Gasteiger partial charge in [-0.15, -0.1) is 0 Å². The molecule has 0 aromatic heterocycles. The van der Waals surface area contributed by atoms with Crippen molar-refractivity contribution in [3.63, 3.8) is 0 Å². The van der Waals surface area contributed by atoms with Crippen LogP contribution in [0.5, 0.6) is 0 Å². The maximum Gasteiger partial charge on any atom is 0.107 e. The van der Waals surface area contributed by atoms with E-state index >= 15 is 0 Å². The molecular formula is C30H43FN2. The van der Waals surface area contributed by atoms with Crippen LogP contribution in [0.1, 0.15) is 88.8 Å². The number of halogens is 1. The smallest absolute Gasteiger partial charge is 0.107 e. The van der Waals surface area contributed by atoms with Crippen LogP contribution in [0.3, 0.4) is 0 Å². The number of hydrogen-bond donors (Lipinski definition) is 0. The summed E-state index contributed by atoms with van der Waals surface area (Å²) < 4.78 is 14.3. The van der Waals surface area contributed by atoms with Crippen molar-refractivity contribution in [1.29, 1.82) is 5.26 Å². The SMILES string of the molecule is CC#N.CCC(CCc1ccc(C2CCCCC2F)cc1)N(CCc1ccccc1)C(C)C. The fourth-order valence-corrected chi connectivity index (χ4v) is 5.10. The van der Waals surface area contributed by atoms with Crippen molar-refractivity contribution in [3.8, 4) is 6.07 Å². The maximum absolute atomic E-state index is 14.3. The monoisotopic (exact) mass is 450 g/mol. The second kappa shape index (κ2) is 14.9. The summed E-state index contributed by atoms with van der Waals surface area (Å²) in [4.78, 5) is 2.68. The molecule has 0 radical (unpaired) electrons. The lowest BCUT2D eigenvalue weighted by molar-refractivity contribution is 0.143. The molecule has 0 heterocycles. The molecule has 0 N–H and O–H groups in total. The number of hydrogen-bond acceptors (Lipinski definition) is 2. The summed E-state index contributed by atoms with van der Waals surface area (Å²) in [6.07, 6.45) is 7.85. The van der Waals surface area contributed by atoms with Crippen molar-refractivity contribution in [2.75, 3.05) is 6.54 Å². The van der Waals surface area contributed by atoms with Crippen molar-refractivity contribution in [1.82, 2.24) is 4.90 Å². The van der Waals surface area contributed by atoms with Crippen molar-refractivity contribution < 1.29 is 4.39 Å². The summed E-state index contributed by atoms with van der Waals surface area (Å²) >= 11 is 0. The van der Waals surface area contributed by atoms with E-state index in [0.717, 1.165) is 38.6 Å². The zero-order valence-corrected chi connectivity index (χ0v) is 21.1. The van der Waals surface area contributed by atoms with Crippen LogP contribution >= 0.6 is 0 Å². The second-order valence-electron chi connectivity index (χ2n) is 9.54. The van der Waals surface area contributed by atoms with Crippen molar-refractivity contribution >= 4 is 0 Å². The number of rotatable bonds is 10. The van der Waals surface area contributed by atoms with Crippen LogP contribution in [-0.4, -0.2) is 29.7 Å². The largest absolute Gasteiger partial charge is 0.298 e. The summed E-state index contributed by atoms with van der Waals surface area (Å²) in [6.45, 7) is 9.49.